The molecule has 1 aromatic carbocycles. The van der Waals surface area contributed by atoms with E-state index in [-0.39, 0.29) is 28.6 Å². The molecule has 3 rings (SSSR count). The molecule has 0 radical (unpaired) electrons. The summed E-state index contributed by atoms with van der Waals surface area (Å²) in [6.45, 7) is 5.61. The van der Waals surface area contributed by atoms with Crippen molar-refractivity contribution in [3.8, 4) is 11.3 Å². The maximum atomic E-state index is 12.7. The predicted octanol–water partition coefficient (Wildman–Crippen LogP) is 4.30. The van der Waals surface area contributed by atoms with Crippen LogP contribution >= 0.6 is 23.2 Å². The van der Waals surface area contributed by atoms with Crippen molar-refractivity contribution >= 4 is 35.0 Å². The minimum absolute atomic E-state index is 0.107. The summed E-state index contributed by atoms with van der Waals surface area (Å²) in [6.07, 6.45) is 1.62. The maximum absolute atomic E-state index is 12.7. The Morgan fingerprint density at radius 3 is 2.40 bits per heavy atom. The van der Waals surface area contributed by atoms with Gasteiger partial charge in [-0.25, -0.2) is 4.79 Å². The Kier molecular flexibility index (Phi) is 6.14. The number of benzene rings is 1. The molecular formula is C21H19Cl2N3O4. The molecule has 9 heteroatoms. The number of halogens is 2. The van der Waals surface area contributed by atoms with Crippen LogP contribution in [0.25, 0.3) is 11.3 Å². The number of carbonyl (C=O) groups is 2. The smallest absolute Gasteiger partial charge is 0.341 e. The molecule has 0 bridgehead atoms. The normalized spacial score (nSPS) is 11.0. The van der Waals surface area contributed by atoms with E-state index in [4.69, 9.17) is 23.2 Å². The van der Waals surface area contributed by atoms with E-state index in [2.05, 4.69) is 5.10 Å². The lowest BCUT2D eigenvalue weighted by Crippen LogP contribution is -2.24. The molecule has 30 heavy (non-hydrogen) atoms. The van der Waals surface area contributed by atoms with Crippen molar-refractivity contribution in [2.45, 2.75) is 33.9 Å². The zero-order valence-electron chi connectivity index (χ0n) is 16.6. The third kappa shape index (κ3) is 4.04. The van der Waals surface area contributed by atoms with Gasteiger partial charge in [0.1, 0.15) is 5.56 Å². The number of carbonyl (C=O) groups excluding carboxylic acids is 1. The molecule has 156 valence electrons. The lowest BCUT2D eigenvalue weighted by atomic mass is 10.0. The van der Waals surface area contributed by atoms with Crippen LogP contribution < -0.4 is 5.43 Å². The molecule has 0 aliphatic rings. The second-order valence-electron chi connectivity index (χ2n) is 6.78. The molecule has 0 unspecified atom stereocenters. The van der Waals surface area contributed by atoms with Gasteiger partial charge in [-0.3, -0.25) is 14.3 Å². The first-order valence-electron chi connectivity index (χ1n) is 9.14. The van der Waals surface area contributed by atoms with Crippen LogP contribution in [0.3, 0.4) is 0 Å². The monoisotopic (exact) mass is 447 g/mol. The molecule has 0 saturated heterocycles. The zero-order chi connectivity index (χ0) is 22.2. The largest absolute Gasteiger partial charge is 0.477 e. The molecule has 1 N–H and O–H groups in total. The molecule has 2 aromatic heterocycles. The average molecular weight is 448 g/mol. The number of carboxylic acids is 1. The molecule has 0 aliphatic carbocycles. The van der Waals surface area contributed by atoms with Crippen molar-refractivity contribution in [1.82, 2.24) is 14.3 Å². The lowest BCUT2D eigenvalue weighted by Gasteiger charge is -2.20. The van der Waals surface area contributed by atoms with Gasteiger partial charge in [-0.05, 0) is 32.9 Å². The van der Waals surface area contributed by atoms with Gasteiger partial charge in [-0.2, -0.15) is 5.10 Å². The van der Waals surface area contributed by atoms with E-state index < -0.39 is 11.4 Å². The minimum atomic E-state index is -1.33. The third-order valence-corrected chi connectivity index (χ3v) is 5.51. The molecule has 2 heterocycles. The highest BCUT2D eigenvalue weighted by atomic mass is 35.5. The Hall–Kier alpha value is -2.90. The Morgan fingerprint density at radius 1 is 1.17 bits per heavy atom. The Labute approximate surface area is 182 Å². The third-order valence-electron chi connectivity index (χ3n) is 4.77. The second-order valence-corrected chi connectivity index (χ2v) is 7.60. The molecule has 0 aliphatic heterocycles. The molecule has 0 saturated carbocycles. The van der Waals surface area contributed by atoms with Crippen LogP contribution in [0.2, 0.25) is 10.0 Å². The lowest BCUT2D eigenvalue weighted by molar-refractivity contribution is 0.0695. The summed E-state index contributed by atoms with van der Waals surface area (Å²) in [5, 5.41) is 14.6. The first-order valence-corrected chi connectivity index (χ1v) is 9.90. The number of carboxylic acid groups (broad SMARTS) is 1. The number of pyridine rings is 1. The average Bonchev–Trinajstić information content (AvgIpc) is 3.03. The summed E-state index contributed by atoms with van der Waals surface area (Å²) >= 11 is 12.1. The fraction of sp³-hybridized carbons (Fsp3) is 0.238. The topological polar surface area (TPSA) is 94.2 Å². The van der Waals surface area contributed by atoms with Gasteiger partial charge in [0.15, 0.2) is 11.2 Å². The molecule has 0 atom stereocenters. The number of ketones is 1. The van der Waals surface area contributed by atoms with Crippen LogP contribution in [0.15, 0.2) is 35.3 Å². The number of nitrogens with zero attached hydrogens (tertiary/aromatic N) is 3. The quantitative estimate of drug-likeness (QED) is 0.568. The van der Waals surface area contributed by atoms with Crippen LogP contribution in [0, 0.1) is 6.92 Å². The predicted molar refractivity (Wildman–Crippen MR) is 115 cm³/mol. The van der Waals surface area contributed by atoms with Gasteiger partial charge >= 0.3 is 5.97 Å². The summed E-state index contributed by atoms with van der Waals surface area (Å²) in [5.41, 5.74) is 1.35. The maximum Gasteiger partial charge on any atom is 0.341 e. The van der Waals surface area contributed by atoms with Crippen molar-refractivity contribution in [3.63, 3.8) is 0 Å². The van der Waals surface area contributed by atoms with Crippen molar-refractivity contribution in [2.24, 2.45) is 0 Å². The number of aryl methyl sites for hydroxylation is 1. The van der Waals surface area contributed by atoms with E-state index in [9.17, 15) is 19.5 Å². The van der Waals surface area contributed by atoms with Gasteiger partial charge in [-0.15, -0.1) is 0 Å². The van der Waals surface area contributed by atoms with Crippen LogP contribution in [0.4, 0.5) is 0 Å². The molecule has 0 spiro atoms. The van der Waals surface area contributed by atoms with E-state index in [0.29, 0.717) is 34.1 Å². The van der Waals surface area contributed by atoms with Gasteiger partial charge in [0, 0.05) is 30.1 Å². The Balaban J connectivity index is 2.25. The SMILES string of the molecule is CCn1c(Cn2cc(C(C)=O)c(C)n2)cc(=O)c(C(=O)O)c1-c1ccc(Cl)c(Cl)c1. The summed E-state index contributed by atoms with van der Waals surface area (Å²) in [6, 6.07) is 6.00. The van der Waals surface area contributed by atoms with Crippen molar-refractivity contribution < 1.29 is 14.7 Å². The van der Waals surface area contributed by atoms with Crippen LogP contribution in [0.1, 0.15) is 46.0 Å². The van der Waals surface area contributed by atoms with Crippen molar-refractivity contribution in [1.29, 1.82) is 0 Å². The van der Waals surface area contributed by atoms with E-state index in [0.717, 1.165) is 0 Å². The number of hydrogen-bond donors (Lipinski definition) is 1. The van der Waals surface area contributed by atoms with Crippen molar-refractivity contribution in [2.75, 3.05) is 0 Å². The molecule has 0 amide bonds. The summed E-state index contributed by atoms with van der Waals surface area (Å²) in [5.74, 6) is -1.44. The standard InChI is InChI=1S/C21H19Cl2N3O4/c1-4-26-14(9-25-10-15(12(3)27)11(2)24-25)8-18(28)19(21(29)30)20(26)13-5-6-16(22)17(23)7-13/h5-8,10H,4,9H2,1-3H3,(H,29,30). The molecule has 3 aromatic rings. The van der Waals surface area contributed by atoms with Gasteiger partial charge in [-0.1, -0.05) is 29.3 Å². The minimum Gasteiger partial charge on any atom is -0.477 e. The highest BCUT2D eigenvalue weighted by Crippen LogP contribution is 2.30. The number of aromatic carboxylic acids is 1. The number of Topliss-reactive ketones (excluding diaryl/α,β-unsaturated/α-hetero) is 1. The first kappa shape index (κ1) is 21.8. The number of aromatic nitrogens is 3. The van der Waals surface area contributed by atoms with Gasteiger partial charge in [0.2, 0.25) is 0 Å². The van der Waals surface area contributed by atoms with Gasteiger partial charge in [0.05, 0.1) is 33.5 Å². The summed E-state index contributed by atoms with van der Waals surface area (Å²) < 4.78 is 3.29. The Morgan fingerprint density at radius 2 is 1.87 bits per heavy atom. The summed E-state index contributed by atoms with van der Waals surface area (Å²) in [7, 11) is 0. The summed E-state index contributed by atoms with van der Waals surface area (Å²) in [4.78, 5) is 36.4. The second kappa shape index (κ2) is 8.45. The highest BCUT2D eigenvalue weighted by molar-refractivity contribution is 6.42. The van der Waals surface area contributed by atoms with Crippen LogP contribution in [0.5, 0.6) is 0 Å². The fourth-order valence-electron chi connectivity index (χ4n) is 3.45. The number of rotatable bonds is 6. The van der Waals surface area contributed by atoms with E-state index in [1.54, 1.807) is 34.5 Å². The molecule has 7 nitrogen and oxygen atoms in total. The highest BCUT2D eigenvalue weighted by Gasteiger charge is 2.23. The number of hydrogen-bond acceptors (Lipinski definition) is 4. The fourth-order valence-corrected chi connectivity index (χ4v) is 3.75. The van der Waals surface area contributed by atoms with Crippen LogP contribution in [-0.2, 0) is 13.1 Å². The zero-order valence-corrected chi connectivity index (χ0v) is 18.1. The van der Waals surface area contributed by atoms with Gasteiger partial charge in [0.25, 0.3) is 0 Å². The first-order chi connectivity index (χ1) is 14.1. The van der Waals surface area contributed by atoms with Crippen LogP contribution in [-0.4, -0.2) is 31.2 Å². The van der Waals surface area contributed by atoms with E-state index in [1.165, 1.54) is 19.1 Å². The van der Waals surface area contributed by atoms with E-state index >= 15 is 0 Å². The molecular weight excluding hydrogens is 429 g/mol. The molecule has 0 fully saturated rings. The van der Waals surface area contributed by atoms with Gasteiger partial charge < -0.3 is 9.67 Å². The Bertz CT molecular complexity index is 1230. The van der Waals surface area contributed by atoms with Crippen molar-refractivity contribution in [3.05, 3.63) is 73.2 Å². The van der Waals surface area contributed by atoms with E-state index in [1.807, 2.05) is 6.92 Å².